The summed E-state index contributed by atoms with van der Waals surface area (Å²) < 4.78 is 1.03. The SMILES string of the molecule is Cc1nc2c([N+](=O)[O-])cc3c(c2s1)CCCC3. The van der Waals surface area contributed by atoms with Gasteiger partial charge in [0.05, 0.1) is 14.6 Å². The minimum atomic E-state index is -0.309. The van der Waals surface area contributed by atoms with Gasteiger partial charge in [0.15, 0.2) is 5.52 Å². The van der Waals surface area contributed by atoms with E-state index in [0.717, 1.165) is 34.5 Å². The summed E-state index contributed by atoms with van der Waals surface area (Å²) in [6, 6.07) is 1.73. The Balaban J connectivity index is 2.39. The molecule has 1 heterocycles. The zero-order valence-corrected chi connectivity index (χ0v) is 10.3. The van der Waals surface area contributed by atoms with Crippen LogP contribution in [0.15, 0.2) is 6.07 Å². The molecule has 17 heavy (non-hydrogen) atoms. The lowest BCUT2D eigenvalue weighted by atomic mass is 9.91. The van der Waals surface area contributed by atoms with Gasteiger partial charge in [-0.3, -0.25) is 10.1 Å². The topological polar surface area (TPSA) is 56.0 Å². The van der Waals surface area contributed by atoms with Crippen molar-refractivity contribution in [3.8, 4) is 0 Å². The summed E-state index contributed by atoms with van der Waals surface area (Å²) in [4.78, 5) is 15.1. The lowest BCUT2D eigenvalue weighted by Crippen LogP contribution is -2.04. The summed E-state index contributed by atoms with van der Waals surface area (Å²) in [7, 11) is 0. The Labute approximate surface area is 102 Å². The van der Waals surface area contributed by atoms with E-state index in [-0.39, 0.29) is 10.6 Å². The fraction of sp³-hybridized carbons (Fsp3) is 0.417. The molecular weight excluding hydrogens is 236 g/mol. The lowest BCUT2D eigenvalue weighted by molar-refractivity contribution is -0.383. The van der Waals surface area contributed by atoms with E-state index in [1.54, 1.807) is 17.4 Å². The number of hydrogen-bond donors (Lipinski definition) is 0. The van der Waals surface area contributed by atoms with Crippen molar-refractivity contribution < 1.29 is 4.92 Å². The molecule has 1 aliphatic carbocycles. The molecule has 0 aliphatic heterocycles. The molecule has 0 unspecified atom stereocenters. The molecule has 1 aromatic heterocycles. The molecule has 2 aromatic rings. The number of fused-ring (bicyclic) bond motifs is 3. The van der Waals surface area contributed by atoms with Crippen molar-refractivity contribution >= 4 is 27.2 Å². The highest BCUT2D eigenvalue weighted by molar-refractivity contribution is 7.18. The van der Waals surface area contributed by atoms with Gasteiger partial charge in [-0.05, 0) is 43.7 Å². The third-order valence-corrected chi connectivity index (χ3v) is 4.30. The highest BCUT2D eigenvalue weighted by Gasteiger charge is 2.23. The molecule has 0 atom stereocenters. The standard InChI is InChI=1S/C12H12N2O2S/c1-7-13-11-10(14(15)16)6-8-4-2-3-5-9(8)12(11)17-7/h6H,2-5H2,1H3. The van der Waals surface area contributed by atoms with Crippen LogP contribution in [0.25, 0.3) is 10.2 Å². The van der Waals surface area contributed by atoms with E-state index in [0.29, 0.717) is 5.52 Å². The fourth-order valence-electron chi connectivity index (χ4n) is 2.53. The molecule has 0 saturated heterocycles. The largest absolute Gasteiger partial charge is 0.296 e. The van der Waals surface area contributed by atoms with Crippen molar-refractivity contribution in [1.29, 1.82) is 0 Å². The van der Waals surface area contributed by atoms with Crippen molar-refractivity contribution in [1.82, 2.24) is 4.98 Å². The first-order valence-electron chi connectivity index (χ1n) is 5.73. The van der Waals surface area contributed by atoms with E-state index in [9.17, 15) is 10.1 Å². The van der Waals surface area contributed by atoms with Gasteiger partial charge >= 0.3 is 0 Å². The Morgan fingerprint density at radius 2 is 2.18 bits per heavy atom. The van der Waals surface area contributed by atoms with Crippen molar-refractivity contribution in [2.24, 2.45) is 0 Å². The second-order valence-electron chi connectivity index (χ2n) is 4.41. The van der Waals surface area contributed by atoms with Crippen LogP contribution in [0, 0.1) is 17.0 Å². The van der Waals surface area contributed by atoms with Gasteiger partial charge in [-0.2, -0.15) is 0 Å². The molecule has 0 fully saturated rings. The minimum Gasteiger partial charge on any atom is -0.258 e. The number of rotatable bonds is 1. The number of thiazole rings is 1. The Morgan fingerprint density at radius 1 is 1.41 bits per heavy atom. The average molecular weight is 248 g/mol. The highest BCUT2D eigenvalue weighted by atomic mass is 32.1. The van der Waals surface area contributed by atoms with Gasteiger partial charge in [0, 0.05) is 6.07 Å². The Bertz CT molecular complexity index is 618. The summed E-state index contributed by atoms with van der Waals surface area (Å²) in [6.07, 6.45) is 4.30. The van der Waals surface area contributed by atoms with Gasteiger partial charge < -0.3 is 0 Å². The zero-order chi connectivity index (χ0) is 12.0. The van der Waals surface area contributed by atoms with E-state index in [4.69, 9.17) is 0 Å². The number of non-ortho nitro benzene ring substituents is 1. The summed E-state index contributed by atoms with van der Waals surface area (Å²) in [5.41, 5.74) is 3.20. The van der Waals surface area contributed by atoms with Crippen LogP contribution >= 0.6 is 11.3 Å². The zero-order valence-electron chi connectivity index (χ0n) is 9.52. The summed E-state index contributed by atoms with van der Waals surface area (Å²) in [5.74, 6) is 0. The van der Waals surface area contributed by atoms with Crippen molar-refractivity contribution in [2.45, 2.75) is 32.6 Å². The minimum absolute atomic E-state index is 0.171. The van der Waals surface area contributed by atoms with Crippen LogP contribution in [0.4, 0.5) is 5.69 Å². The van der Waals surface area contributed by atoms with Crippen LogP contribution in [-0.4, -0.2) is 9.91 Å². The normalized spacial score (nSPS) is 14.9. The lowest BCUT2D eigenvalue weighted by Gasteiger charge is -2.15. The molecule has 4 nitrogen and oxygen atoms in total. The van der Waals surface area contributed by atoms with Crippen LogP contribution in [0.1, 0.15) is 29.0 Å². The van der Waals surface area contributed by atoms with Crippen LogP contribution in [0.2, 0.25) is 0 Å². The molecule has 1 aromatic carbocycles. The first-order chi connectivity index (χ1) is 8.16. The van der Waals surface area contributed by atoms with E-state index in [1.165, 1.54) is 12.0 Å². The fourth-order valence-corrected chi connectivity index (χ4v) is 3.56. The molecular formula is C12H12N2O2S. The second-order valence-corrected chi connectivity index (χ2v) is 5.61. The number of nitrogens with zero attached hydrogens (tertiary/aromatic N) is 2. The van der Waals surface area contributed by atoms with Crippen LogP contribution < -0.4 is 0 Å². The van der Waals surface area contributed by atoms with E-state index in [1.807, 2.05) is 6.92 Å². The quantitative estimate of drug-likeness (QED) is 0.574. The van der Waals surface area contributed by atoms with Crippen LogP contribution in [-0.2, 0) is 12.8 Å². The first kappa shape index (κ1) is 10.7. The number of aryl methyl sites for hydroxylation is 3. The number of hydrogen-bond acceptors (Lipinski definition) is 4. The summed E-state index contributed by atoms with van der Waals surface area (Å²) >= 11 is 1.58. The molecule has 0 bridgehead atoms. The van der Waals surface area contributed by atoms with Gasteiger partial charge in [0.2, 0.25) is 0 Å². The Morgan fingerprint density at radius 3 is 2.94 bits per heavy atom. The summed E-state index contributed by atoms with van der Waals surface area (Å²) in [6.45, 7) is 1.91. The van der Waals surface area contributed by atoms with E-state index >= 15 is 0 Å². The van der Waals surface area contributed by atoms with Crippen LogP contribution in [0.5, 0.6) is 0 Å². The Hall–Kier alpha value is -1.49. The number of benzene rings is 1. The van der Waals surface area contributed by atoms with Crippen molar-refractivity contribution in [2.75, 3.05) is 0 Å². The second kappa shape index (κ2) is 3.77. The Kier molecular flexibility index (Phi) is 2.36. The summed E-state index contributed by atoms with van der Waals surface area (Å²) in [5, 5.41) is 12.0. The highest BCUT2D eigenvalue weighted by Crippen LogP contribution is 2.37. The first-order valence-corrected chi connectivity index (χ1v) is 6.55. The molecule has 1 aliphatic rings. The van der Waals surface area contributed by atoms with Crippen LogP contribution in [0.3, 0.4) is 0 Å². The third kappa shape index (κ3) is 1.61. The van der Waals surface area contributed by atoms with Gasteiger partial charge in [0.1, 0.15) is 0 Å². The number of nitro groups is 1. The predicted molar refractivity (Wildman–Crippen MR) is 67.7 cm³/mol. The molecule has 0 radical (unpaired) electrons. The van der Waals surface area contributed by atoms with Gasteiger partial charge in [-0.25, -0.2) is 4.98 Å². The van der Waals surface area contributed by atoms with Gasteiger partial charge in [0.25, 0.3) is 5.69 Å². The maximum Gasteiger partial charge on any atom is 0.296 e. The molecule has 88 valence electrons. The van der Waals surface area contributed by atoms with E-state index in [2.05, 4.69) is 4.98 Å². The maximum atomic E-state index is 11.1. The molecule has 3 rings (SSSR count). The monoisotopic (exact) mass is 248 g/mol. The number of nitro benzene ring substituents is 1. The average Bonchev–Trinajstić information content (AvgIpc) is 2.69. The predicted octanol–water partition coefficient (Wildman–Crippen LogP) is 3.39. The van der Waals surface area contributed by atoms with Crippen molar-refractivity contribution in [3.05, 3.63) is 32.3 Å². The number of aromatic nitrogens is 1. The van der Waals surface area contributed by atoms with E-state index < -0.39 is 0 Å². The van der Waals surface area contributed by atoms with Gasteiger partial charge in [-0.1, -0.05) is 0 Å². The molecule has 0 spiro atoms. The van der Waals surface area contributed by atoms with Gasteiger partial charge in [-0.15, -0.1) is 11.3 Å². The molecule has 0 amide bonds. The van der Waals surface area contributed by atoms with Crippen molar-refractivity contribution in [3.63, 3.8) is 0 Å². The maximum absolute atomic E-state index is 11.1. The molecule has 5 heteroatoms. The third-order valence-electron chi connectivity index (χ3n) is 3.27. The molecule has 0 N–H and O–H groups in total. The smallest absolute Gasteiger partial charge is 0.258 e. The molecule has 0 saturated carbocycles.